The lowest BCUT2D eigenvalue weighted by Crippen LogP contribution is -2.15. The van der Waals surface area contributed by atoms with Crippen LogP contribution in [0.3, 0.4) is 0 Å². The Labute approximate surface area is 98.6 Å². The zero-order valence-corrected chi connectivity index (χ0v) is 9.13. The third-order valence-corrected chi connectivity index (χ3v) is 1.66. The van der Waals surface area contributed by atoms with Crippen LogP contribution in [0.15, 0.2) is 43.0 Å². The molecule has 0 unspecified atom stereocenters. The second kappa shape index (κ2) is 7.05. The summed E-state index contributed by atoms with van der Waals surface area (Å²) < 4.78 is 14.1. The minimum absolute atomic E-state index is 0.0330. The number of hydrogen-bond acceptors (Lipinski definition) is 5. The maximum absolute atomic E-state index is 11.1. The molecule has 90 valence electrons. The third kappa shape index (κ3) is 5.36. The van der Waals surface area contributed by atoms with Crippen LogP contribution in [0.1, 0.15) is 0 Å². The van der Waals surface area contributed by atoms with Crippen molar-refractivity contribution in [2.75, 3.05) is 13.2 Å². The van der Waals surface area contributed by atoms with Crippen molar-refractivity contribution in [3.8, 4) is 5.75 Å². The summed E-state index contributed by atoms with van der Waals surface area (Å²) in [5.41, 5.74) is 0. The Morgan fingerprint density at radius 2 is 1.76 bits per heavy atom. The Morgan fingerprint density at radius 3 is 2.41 bits per heavy atom. The topological polar surface area (TPSA) is 61.8 Å². The van der Waals surface area contributed by atoms with Crippen LogP contribution < -0.4 is 4.74 Å². The highest BCUT2D eigenvalue weighted by Gasteiger charge is 2.05. The summed E-state index contributed by atoms with van der Waals surface area (Å²) in [6.45, 7) is 3.13. The largest absolute Gasteiger partial charge is 0.513 e. The fourth-order valence-corrected chi connectivity index (χ4v) is 0.940. The first-order valence-electron chi connectivity index (χ1n) is 4.91. The lowest BCUT2D eigenvalue weighted by molar-refractivity contribution is -0.138. The van der Waals surface area contributed by atoms with Crippen molar-refractivity contribution in [2.24, 2.45) is 0 Å². The Bertz CT molecular complexity index is 385. The van der Waals surface area contributed by atoms with Gasteiger partial charge in [0.05, 0.1) is 0 Å². The fraction of sp³-hybridized carbons (Fsp3) is 0.167. The molecule has 0 amide bonds. The van der Waals surface area contributed by atoms with E-state index >= 15 is 0 Å². The van der Waals surface area contributed by atoms with Gasteiger partial charge < -0.3 is 14.2 Å². The highest BCUT2D eigenvalue weighted by atomic mass is 16.7. The van der Waals surface area contributed by atoms with Gasteiger partial charge in [0.25, 0.3) is 0 Å². The number of para-hydroxylation sites is 1. The normalized spacial score (nSPS) is 9.18. The summed E-state index contributed by atoms with van der Waals surface area (Å²) in [5.74, 6) is -0.175. The van der Waals surface area contributed by atoms with Crippen molar-refractivity contribution in [1.29, 1.82) is 0 Å². The van der Waals surface area contributed by atoms with Crippen molar-refractivity contribution < 1.29 is 23.8 Å². The van der Waals surface area contributed by atoms with Gasteiger partial charge in [-0.3, -0.25) is 0 Å². The minimum Gasteiger partial charge on any atom is -0.459 e. The fourth-order valence-electron chi connectivity index (χ4n) is 0.940. The Hall–Kier alpha value is -2.30. The van der Waals surface area contributed by atoms with E-state index in [-0.39, 0.29) is 13.2 Å². The van der Waals surface area contributed by atoms with Crippen LogP contribution in [0.2, 0.25) is 0 Å². The average Bonchev–Trinajstić information content (AvgIpc) is 2.35. The highest BCUT2D eigenvalue weighted by molar-refractivity contribution is 5.81. The molecule has 0 radical (unpaired) electrons. The summed E-state index contributed by atoms with van der Waals surface area (Å²) in [6.07, 6.45) is 0.188. The number of carbonyl (C=O) groups excluding carboxylic acids is 2. The molecule has 0 heterocycles. The molecule has 0 aromatic heterocycles. The zero-order valence-electron chi connectivity index (χ0n) is 9.13. The van der Waals surface area contributed by atoms with Crippen molar-refractivity contribution in [3.63, 3.8) is 0 Å². The molecule has 17 heavy (non-hydrogen) atoms. The average molecular weight is 236 g/mol. The van der Waals surface area contributed by atoms with Crippen molar-refractivity contribution >= 4 is 12.1 Å². The van der Waals surface area contributed by atoms with E-state index in [2.05, 4.69) is 16.1 Å². The molecule has 0 bridgehead atoms. The number of rotatable bonds is 5. The van der Waals surface area contributed by atoms with E-state index in [4.69, 9.17) is 4.74 Å². The molecule has 0 atom stereocenters. The predicted octanol–water partition coefficient (Wildman–Crippen LogP) is 1.93. The summed E-state index contributed by atoms with van der Waals surface area (Å²) >= 11 is 0. The molecular weight excluding hydrogens is 224 g/mol. The van der Waals surface area contributed by atoms with Gasteiger partial charge in [-0.25, -0.2) is 9.59 Å². The molecule has 0 fully saturated rings. The first-order valence-corrected chi connectivity index (χ1v) is 4.91. The molecule has 5 heteroatoms. The van der Waals surface area contributed by atoms with E-state index in [0.717, 1.165) is 6.08 Å². The summed E-state index contributed by atoms with van der Waals surface area (Å²) in [4.78, 5) is 21.8. The van der Waals surface area contributed by atoms with Gasteiger partial charge in [-0.2, -0.15) is 0 Å². The Morgan fingerprint density at radius 1 is 1.12 bits per heavy atom. The van der Waals surface area contributed by atoms with Crippen LogP contribution in [-0.4, -0.2) is 25.3 Å². The van der Waals surface area contributed by atoms with Gasteiger partial charge in [-0.1, -0.05) is 24.8 Å². The van der Waals surface area contributed by atoms with Crippen molar-refractivity contribution in [2.45, 2.75) is 0 Å². The van der Waals surface area contributed by atoms with Crippen LogP contribution >= 0.6 is 0 Å². The molecule has 0 spiro atoms. The van der Waals surface area contributed by atoms with E-state index in [1.807, 2.05) is 0 Å². The monoisotopic (exact) mass is 236 g/mol. The molecule has 1 aromatic carbocycles. The molecule has 0 N–H and O–H groups in total. The second-order valence-electron chi connectivity index (χ2n) is 2.89. The van der Waals surface area contributed by atoms with E-state index in [0.29, 0.717) is 5.75 Å². The van der Waals surface area contributed by atoms with Crippen LogP contribution in [0.25, 0.3) is 0 Å². The lowest BCUT2D eigenvalue weighted by atomic mass is 10.3. The van der Waals surface area contributed by atoms with Crippen LogP contribution in [0, 0.1) is 0 Å². The summed E-state index contributed by atoms with van der Waals surface area (Å²) in [7, 11) is 0. The predicted molar refractivity (Wildman–Crippen MR) is 59.6 cm³/mol. The van der Waals surface area contributed by atoms with Crippen LogP contribution in [-0.2, 0) is 14.3 Å². The van der Waals surface area contributed by atoms with Crippen molar-refractivity contribution in [3.05, 3.63) is 43.0 Å². The van der Waals surface area contributed by atoms with Gasteiger partial charge in [-0.15, -0.1) is 0 Å². The summed E-state index contributed by atoms with van der Waals surface area (Å²) in [6, 6.07) is 8.51. The third-order valence-electron chi connectivity index (χ3n) is 1.66. The standard InChI is InChI=1S/C12H12O5/c1-2-11(13)15-8-9-16-12(14)17-10-6-4-3-5-7-10/h2-7H,1,8-9H2. The smallest absolute Gasteiger partial charge is 0.459 e. The van der Waals surface area contributed by atoms with Gasteiger partial charge >= 0.3 is 12.1 Å². The van der Waals surface area contributed by atoms with Crippen molar-refractivity contribution in [1.82, 2.24) is 0 Å². The first kappa shape index (κ1) is 12.8. The van der Waals surface area contributed by atoms with Gasteiger partial charge in [0.15, 0.2) is 0 Å². The molecule has 1 rings (SSSR count). The molecule has 0 aliphatic rings. The SMILES string of the molecule is C=CC(=O)OCCOC(=O)Oc1ccccc1. The molecule has 1 aromatic rings. The van der Waals surface area contributed by atoms with Gasteiger partial charge in [0.1, 0.15) is 19.0 Å². The van der Waals surface area contributed by atoms with E-state index < -0.39 is 12.1 Å². The molecule has 0 aliphatic heterocycles. The number of carbonyl (C=O) groups is 2. The van der Waals surface area contributed by atoms with Gasteiger partial charge in [0, 0.05) is 6.08 Å². The Kier molecular flexibility index (Phi) is 5.30. The van der Waals surface area contributed by atoms with Gasteiger partial charge in [0.2, 0.25) is 0 Å². The molecule has 5 nitrogen and oxygen atoms in total. The lowest BCUT2D eigenvalue weighted by Gasteiger charge is -2.05. The van der Waals surface area contributed by atoms with Crippen LogP contribution in [0.4, 0.5) is 4.79 Å². The summed E-state index contributed by atoms with van der Waals surface area (Å²) in [5, 5.41) is 0. The maximum atomic E-state index is 11.1. The van der Waals surface area contributed by atoms with Crippen LogP contribution in [0.5, 0.6) is 5.75 Å². The van der Waals surface area contributed by atoms with E-state index in [1.165, 1.54) is 0 Å². The quantitative estimate of drug-likeness (QED) is 0.338. The molecule has 0 aliphatic carbocycles. The minimum atomic E-state index is -0.842. The first-order chi connectivity index (χ1) is 8.22. The molecule has 0 saturated carbocycles. The number of esters is 1. The number of benzene rings is 1. The number of hydrogen-bond donors (Lipinski definition) is 0. The van der Waals surface area contributed by atoms with E-state index in [1.54, 1.807) is 30.3 Å². The molecular formula is C12H12O5. The molecule has 0 saturated heterocycles. The number of ether oxygens (including phenoxy) is 3. The maximum Gasteiger partial charge on any atom is 0.513 e. The van der Waals surface area contributed by atoms with E-state index in [9.17, 15) is 9.59 Å². The van der Waals surface area contributed by atoms with Gasteiger partial charge in [-0.05, 0) is 12.1 Å². The zero-order chi connectivity index (χ0) is 12.5. The highest BCUT2D eigenvalue weighted by Crippen LogP contribution is 2.08. The Balaban J connectivity index is 2.18. The second-order valence-corrected chi connectivity index (χ2v) is 2.89.